The highest BCUT2D eigenvalue weighted by Crippen LogP contribution is 2.24. The molecule has 2 heterocycles. The first-order valence-electron chi connectivity index (χ1n) is 8.38. The molecule has 3 amide bonds. The maximum absolute atomic E-state index is 13.3. The lowest BCUT2D eigenvalue weighted by atomic mass is 10.2. The van der Waals surface area contributed by atoms with E-state index in [2.05, 4.69) is 15.5 Å². The summed E-state index contributed by atoms with van der Waals surface area (Å²) in [6.07, 6.45) is 0.373. The van der Waals surface area contributed by atoms with Gasteiger partial charge in [-0.2, -0.15) is 0 Å². The Labute approximate surface area is 158 Å². The Morgan fingerprint density at radius 3 is 2.43 bits per heavy atom. The van der Waals surface area contributed by atoms with Gasteiger partial charge in [-0.1, -0.05) is 11.2 Å². The van der Waals surface area contributed by atoms with Crippen molar-refractivity contribution in [3.05, 3.63) is 59.9 Å². The number of hydrogen-bond donors (Lipinski definition) is 1. The Morgan fingerprint density at radius 1 is 1.04 bits per heavy atom. The Balaban J connectivity index is 1.47. The van der Waals surface area contributed by atoms with Crippen molar-refractivity contribution in [1.82, 2.24) is 10.2 Å². The van der Waals surface area contributed by atoms with E-state index >= 15 is 0 Å². The van der Waals surface area contributed by atoms with Crippen LogP contribution in [0.4, 0.5) is 16.1 Å². The summed E-state index contributed by atoms with van der Waals surface area (Å²) in [5.41, 5.74) is 1.07. The van der Waals surface area contributed by atoms with Gasteiger partial charge in [-0.05, 0) is 42.5 Å². The van der Waals surface area contributed by atoms with Gasteiger partial charge in [0.25, 0.3) is 5.91 Å². The van der Waals surface area contributed by atoms with E-state index < -0.39 is 11.7 Å². The fourth-order valence-corrected chi connectivity index (χ4v) is 2.81. The minimum atomic E-state index is -0.514. The average Bonchev–Trinajstić information content (AvgIpc) is 3.28. The summed E-state index contributed by atoms with van der Waals surface area (Å²) in [4.78, 5) is 37.0. The molecule has 3 aromatic rings. The van der Waals surface area contributed by atoms with Gasteiger partial charge in [-0.15, -0.1) is 5.10 Å². The smallest absolute Gasteiger partial charge is 0.322 e. The quantitative estimate of drug-likeness (QED) is 0.698. The van der Waals surface area contributed by atoms with Crippen LogP contribution in [0.5, 0.6) is 0 Å². The highest BCUT2D eigenvalue weighted by atomic mass is 19.1. The van der Waals surface area contributed by atoms with Gasteiger partial charge in [-0.3, -0.25) is 24.6 Å². The number of halogens is 1. The van der Waals surface area contributed by atoms with Crippen molar-refractivity contribution in [2.24, 2.45) is 0 Å². The first kappa shape index (κ1) is 17.5. The van der Waals surface area contributed by atoms with Crippen LogP contribution in [0.15, 0.2) is 52.9 Å². The first-order chi connectivity index (χ1) is 13.5. The Kier molecular flexibility index (Phi) is 4.40. The number of anilines is 2. The molecule has 0 spiro atoms. The topological polar surface area (TPSA) is 105 Å². The second-order valence-electron chi connectivity index (χ2n) is 6.05. The van der Waals surface area contributed by atoms with Gasteiger partial charge in [0.05, 0.1) is 5.69 Å². The summed E-state index contributed by atoms with van der Waals surface area (Å²) in [7, 11) is 0. The van der Waals surface area contributed by atoms with E-state index in [9.17, 15) is 18.8 Å². The van der Waals surface area contributed by atoms with E-state index in [0.29, 0.717) is 11.3 Å². The number of imide groups is 1. The molecule has 0 atom stereocenters. The van der Waals surface area contributed by atoms with Crippen molar-refractivity contribution in [2.45, 2.75) is 12.8 Å². The Hall–Kier alpha value is -3.88. The van der Waals surface area contributed by atoms with Gasteiger partial charge in [0.1, 0.15) is 5.82 Å². The number of nitrogens with zero attached hydrogens (tertiary/aromatic N) is 3. The molecule has 1 saturated heterocycles. The third-order valence-electron chi connectivity index (χ3n) is 4.16. The summed E-state index contributed by atoms with van der Waals surface area (Å²) >= 11 is 0. The van der Waals surface area contributed by atoms with Crippen LogP contribution in [0, 0.1) is 5.82 Å². The fourth-order valence-electron chi connectivity index (χ4n) is 2.81. The van der Waals surface area contributed by atoms with Crippen LogP contribution in [-0.4, -0.2) is 27.9 Å². The minimum absolute atomic E-state index is 0.0659. The van der Waals surface area contributed by atoms with Crippen molar-refractivity contribution in [3.8, 4) is 11.5 Å². The van der Waals surface area contributed by atoms with Crippen LogP contribution in [0.25, 0.3) is 11.5 Å². The van der Waals surface area contributed by atoms with E-state index in [1.165, 1.54) is 42.5 Å². The lowest BCUT2D eigenvalue weighted by molar-refractivity contribution is -0.121. The number of amides is 3. The third kappa shape index (κ3) is 3.37. The molecule has 8 nitrogen and oxygen atoms in total. The number of aromatic nitrogens is 2. The molecular weight excluding hydrogens is 367 g/mol. The highest BCUT2D eigenvalue weighted by molar-refractivity contribution is 6.20. The third-order valence-corrected chi connectivity index (χ3v) is 4.16. The zero-order valence-electron chi connectivity index (χ0n) is 14.4. The standard InChI is InChI=1S/C19H13FN4O4/c20-13-3-1-2-12(10-13)18-22-23-19(28-18)21-17(27)11-4-6-14(7-5-11)24-15(25)8-9-16(24)26/h1-7,10H,8-9H2,(H,21,23,27). The van der Waals surface area contributed by atoms with Crippen LogP contribution < -0.4 is 10.2 Å². The molecule has 0 unspecified atom stereocenters. The summed E-state index contributed by atoms with van der Waals surface area (Å²) < 4.78 is 18.6. The molecular formula is C19H13FN4O4. The number of benzene rings is 2. The summed E-state index contributed by atoms with van der Waals surface area (Å²) in [6, 6.07) is 11.5. The first-order valence-corrected chi connectivity index (χ1v) is 8.38. The van der Waals surface area contributed by atoms with E-state index in [-0.39, 0.29) is 42.1 Å². The van der Waals surface area contributed by atoms with Gasteiger partial charge >= 0.3 is 6.01 Å². The Morgan fingerprint density at radius 2 is 1.75 bits per heavy atom. The van der Waals surface area contributed by atoms with Crippen LogP contribution in [-0.2, 0) is 9.59 Å². The van der Waals surface area contributed by atoms with Gasteiger partial charge in [0.15, 0.2) is 0 Å². The fraction of sp³-hybridized carbons (Fsp3) is 0.105. The van der Waals surface area contributed by atoms with Crippen molar-refractivity contribution in [3.63, 3.8) is 0 Å². The van der Waals surface area contributed by atoms with Crippen molar-refractivity contribution < 1.29 is 23.2 Å². The molecule has 9 heteroatoms. The summed E-state index contributed by atoms with van der Waals surface area (Å²) in [5, 5.41) is 9.95. The van der Waals surface area contributed by atoms with Gasteiger partial charge in [-0.25, -0.2) is 4.39 Å². The predicted octanol–water partition coefficient (Wildman–Crippen LogP) is 2.78. The highest BCUT2D eigenvalue weighted by Gasteiger charge is 2.30. The van der Waals surface area contributed by atoms with Gasteiger partial charge in [0, 0.05) is 24.0 Å². The molecule has 0 saturated carbocycles. The van der Waals surface area contributed by atoms with Crippen molar-refractivity contribution in [2.75, 3.05) is 10.2 Å². The van der Waals surface area contributed by atoms with Crippen LogP contribution in [0.1, 0.15) is 23.2 Å². The largest absolute Gasteiger partial charge is 0.403 e. The van der Waals surface area contributed by atoms with Crippen LogP contribution >= 0.6 is 0 Å². The number of rotatable bonds is 4. The van der Waals surface area contributed by atoms with Crippen LogP contribution in [0.3, 0.4) is 0 Å². The maximum Gasteiger partial charge on any atom is 0.322 e. The molecule has 1 fully saturated rings. The molecule has 1 N–H and O–H groups in total. The second kappa shape index (κ2) is 7.03. The SMILES string of the molecule is O=C(Nc1nnc(-c2cccc(F)c2)o1)c1ccc(N2C(=O)CCC2=O)cc1. The Bertz CT molecular complexity index is 1060. The van der Waals surface area contributed by atoms with E-state index in [1.807, 2.05) is 0 Å². The monoisotopic (exact) mass is 380 g/mol. The predicted molar refractivity (Wildman–Crippen MR) is 95.8 cm³/mol. The molecule has 1 aromatic heterocycles. The maximum atomic E-state index is 13.3. The van der Waals surface area contributed by atoms with Crippen molar-refractivity contribution in [1.29, 1.82) is 0 Å². The van der Waals surface area contributed by atoms with Gasteiger partial charge < -0.3 is 4.42 Å². The van der Waals surface area contributed by atoms with Crippen molar-refractivity contribution >= 4 is 29.4 Å². The number of hydrogen-bond acceptors (Lipinski definition) is 6. The molecule has 2 aromatic carbocycles. The zero-order chi connectivity index (χ0) is 19.7. The lowest BCUT2D eigenvalue weighted by Gasteiger charge is -2.13. The molecule has 4 rings (SSSR count). The number of nitrogens with one attached hydrogen (secondary N) is 1. The van der Waals surface area contributed by atoms with Crippen LogP contribution in [0.2, 0.25) is 0 Å². The van der Waals surface area contributed by atoms with E-state index in [1.54, 1.807) is 6.07 Å². The molecule has 0 radical (unpaired) electrons. The number of carbonyl (C=O) groups excluding carboxylic acids is 3. The normalized spacial score (nSPS) is 13.8. The molecule has 140 valence electrons. The molecule has 28 heavy (non-hydrogen) atoms. The molecule has 0 aliphatic carbocycles. The summed E-state index contributed by atoms with van der Waals surface area (Å²) in [5.74, 6) is -1.43. The van der Waals surface area contributed by atoms with Gasteiger partial charge in [0.2, 0.25) is 17.7 Å². The number of carbonyl (C=O) groups is 3. The molecule has 1 aliphatic heterocycles. The minimum Gasteiger partial charge on any atom is -0.403 e. The van der Waals surface area contributed by atoms with E-state index in [4.69, 9.17) is 4.42 Å². The zero-order valence-corrected chi connectivity index (χ0v) is 14.4. The average molecular weight is 380 g/mol. The molecule has 1 aliphatic rings. The molecule has 0 bridgehead atoms. The second-order valence-corrected chi connectivity index (χ2v) is 6.05. The van der Waals surface area contributed by atoms with E-state index in [0.717, 1.165) is 4.90 Å². The lowest BCUT2D eigenvalue weighted by Crippen LogP contribution is -2.28. The summed E-state index contributed by atoms with van der Waals surface area (Å²) in [6.45, 7) is 0.